The predicted molar refractivity (Wildman–Crippen MR) is 88.0 cm³/mol. The van der Waals surface area contributed by atoms with E-state index in [9.17, 15) is 9.59 Å². The van der Waals surface area contributed by atoms with Crippen LogP contribution in [0.1, 0.15) is 42.6 Å². The van der Waals surface area contributed by atoms with Crippen molar-refractivity contribution in [3.8, 4) is 0 Å². The summed E-state index contributed by atoms with van der Waals surface area (Å²) >= 11 is 0. The second-order valence-corrected chi connectivity index (χ2v) is 6.41. The molecule has 1 fully saturated rings. The molecule has 0 bridgehead atoms. The number of anilines is 1. The SMILES string of the molecule is O=C(C1CCNc2ccccc21)N1CCC(c2n[nH]c(=O)o2)CC1. The Labute approximate surface area is 139 Å². The molecule has 0 spiro atoms. The zero-order valence-electron chi connectivity index (χ0n) is 13.3. The quantitative estimate of drug-likeness (QED) is 0.875. The first-order valence-electron chi connectivity index (χ1n) is 8.39. The fraction of sp³-hybridized carbons (Fsp3) is 0.471. The van der Waals surface area contributed by atoms with E-state index in [-0.39, 0.29) is 17.7 Å². The van der Waals surface area contributed by atoms with E-state index in [0.29, 0.717) is 19.0 Å². The van der Waals surface area contributed by atoms with Crippen LogP contribution in [0.5, 0.6) is 0 Å². The first-order valence-corrected chi connectivity index (χ1v) is 8.39. The Kier molecular flexibility index (Phi) is 3.84. The summed E-state index contributed by atoms with van der Waals surface area (Å²) in [5.41, 5.74) is 2.16. The normalized spacial score (nSPS) is 21.2. The Morgan fingerprint density at radius 3 is 2.75 bits per heavy atom. The summed E-state index contributed by atoms with van der Waals surface area (Å²) in [4.78, 5) is 26.0. The van der Waals surface area contributed by atoms with Crippen molar-refractivity contribution in [2.24, 2.45) is 0 Å². The van der Waals surface area contributed by atoms with E-state index in [4.69, 9.17) is 4.42 Å². The number of rotatable bonds is 2. The molecule has 1 atom stereocenters. The van der Waals surface area contributed by atoms with Crippen LogP contribution in [-0.2, 0) is 4.79 Å². The summed E-state index contributed by atoms with van der Waals surface area (Å²) in [6, 6.07) is 8.04. The van der Waals surface area contributed by atoms with Gasteiger partial charge in [0.15, 0.2) is 0 Å². The summed E-state index contributed by atoms with van der Waals surface area (Å²) in [5.74, 6) is 0.177. The molecule has 4 rings (SSSR count). The summed E-state index contributed by atoms with van der Waals surface area (Å²) in [6.07, 6.45) is 2.36. The number of hydrogen-bond donors (Lipinski definition) is 2. The number of benzene rings is 1. The molecule has 24 heavy (non-hydrogen) atoms. The molecule has 7 heteroatoms. The maximum atomic E-state index is 13.0. The van der Waals surface area contributed by atoms with Crippen LogP contribution in [-0.4, -0.2) is 40.6 Å². The van der Waals surface area contributed by atoms with Crippen LogP contribution in [0.3, 0.4) is 0 Å². The molecule has 2 aromatic rings. The van der Waals surface area contributed by atoms with Crippen LogP contribution in [0.15, 0.2) is 33.5 Å². The average Bonchev–Trinajstić information content (AvgIpc) is 3.07. The summed E-state index contributed by atoms with van der Waals surface area (Å²) in [6.45, 7) is 2.17. The lowest BCUT2D eigenvalue weighted by Crippen LogP contribution is -2.42. The zero-order valence-corrected chi connectivity index (χ0v) is 13.3. The number of nitrogens with zero attached hydrogens (tertiary/aromatic N) is 2. The fourth-order valence-electron chi connectivity index (χ4n) is 3.71. The standard InChI is InChI=1S/C17H20N4O3/c22-16(13-5-8-18-14-4-2-1-3-12(13)14)21-9-6-11(7-10-21)15-19-20-17(23)24-15/h1-4,11,13,18H,5-10H2,(H,20,23). The number of fused-ring (bicyclic) bond motifs is 1. The lowest BCUT2D eigenvalue weighted by molar-refractivity contribution is -0.134. The number of aromatic nitrogens is 2. The second-order valence-electron chi connectivity index (χ2n) is 6.41. The van der Waals surface area contributed by atoms with E-state index >= 15 is 0 Å². The average molecular weight is 328 g/mol. The maximum Gasteiger partial charge on any atom is 0.434 e. The third kappa shape index (κ3) is 2.70. The molecule has 1 aromatic carbocycles. The van der Waals surface area contributed by atoms with Gasteiger partial charge in [0.1, 0.15) is 0 Å². The topological polar surface area (TPSA) is 91.2 Å². The molecule has 2 aliphatic rings. The maximum absolute atomic E-state index is 13.0. The van der Waals surface area contributed by atoms with Crippen LogP contribution >= 0.6 is 0 Å². The molecule has 2 N–H and O–H groups in total. The van der Waals surface area contributed by atoms with Crippen molar-refractivity contribution in [3.63, 3.8) is 0 Å². The molecule has 1 saturated heterocycles. The fourth-order valence-corrected chi connectivity index (χ4v) is 3.71. The van der Waals surface area contributed by atoms with Crippen LogP contribution < -0.4 is 11.1 Å². The van der Waals surface area contributed by atoms with Gasteiger partial charge in [-0.1, -0.05) is 18.2 Å². The van der Waals surface area contributed by atoms with Gasteiger partial charge in [0.05, 0.1) is 5.92 Å². The smallest absolute Gasteiger partial charge is 0.392 e. The molecule has 1 aromatic heterocycles. The number of para-hydroxylation sites is 1. The van der Waals surface area contributed by atoms with Crippen LogP contribution in [0, 0.1) is 0 Å². The van der Waals surface area contributed by atoms with Gasteiger partial charge in [0.2, 0.25) is 11.8 Å². The largest absolute Gasteiger partial charge is 0.434 e. The summed E-state index contributed by atoms with van der Waals surface area (Å²) < 4.78 is 5.05. The molecule has 126 valence electrons. The molecule has 0 saturated carbocycles. The van der Waals surface area contributed by atoms with Crippen molar-refractivity contribution >= 4 is 11.6 Å². The van der Waals surface area contributed by atoms with Crippen molar-refractivity contribution in [1.29, 1.82) is 0 Å². The van der Waals surface area contributed by atoms with Gasteiger partial charge in [-0.15, -0.1) is 5.10 Å². The number of aromatic amines is 1. The van der Waals surface area contributed by atoms with Crippen molar-refractivity contribution in [1.82, 2.24) is 15.1 Å². The molecule has 1 unspecified atom stereocenters. The molecule has 7 nitrogen and oxygen atoms in total. The molecule has 1 amide bonds. The Balaban J connectivity index is 1.45. The molecule has 0 aliphatic carbocycles. The first kappa shape index (κ1) is 15.0. The number of likely N-dealkylation sites (tertiary alicyclic amines) is 1. The highest BCUT2D eigenvalue weighted by Gasteiger charge is 2.33. The van der Waals surface area contributed by atoms with Gasteiger partial charge in [0.25, 0.3) is 0 Å². The lowest BCUT2D eigenvalue weighted by atomic mass is 9.88. The van der Waals surface area contributed by atoms with Crippen molar-refractivity contribution in [2.75, 3.05) is 25.0 Å². The minimum absolute atomic E-state index is 0.0673. The van der Waals surface area contributed by atoms with E-state index in [1.807, 2.05) is 29.2 Å². The molecule has 0 radical (unpaired) electrons. The van der Waals surface area contributed by atoms with Gasteiger partial charge < -0.3 is 14.6 Å². The van der Waals surface area contributed by atoms with E-state index in [2.05, 4.69) is 15.5 Å². The number of carbonyl (C=O) groups excluding carboxylic acids is 1. The van der Waals surface area contributed by atoms with Crippen LogP contribution in [0.2, 0.25) is 0 Å². The van der Waals surface area contributed by atoms with Crippen LogP contribution in [0.4, 0.5) is 5.69 Å². The number of hydrogen-bond acceptors (Lipinski definition) is 5. The van der Waals surface area contributed by atoms with E-state index in [0.717, 1.165) is 37.1 Å². The van der Waals surface area contributed by atoms with Crippen molar-refractivity contribution in [2.45, 2.75) is 31.1 Å². The molecular formula is C17H20N4O3. The number of nitrogens with one attached hydrogen (secondary N) is 2. The predicted octanol–water partition coefficient (Wildman–Crippen LogP) is 1.67. The minimum Gasteiger partial charge on any atom is -0.392 e. The third-order valence-corrected chi connectivity index (χ3v) is 4.99. The third-order valence-electron chi connectivity index (χ3n) is 4.99. The Morgan fingerprint density at radius 1 is 1.21 bits per heavy atom. The van der Waals surface area contributed by atoms with E-state index < -0.39 is 5.76 Å². The molecule has 3 heterocycles. The minimum atomic E-state index is -0.519. The monoisotopic (exact) mass is 328 g/mol. The number of carbonyl (C=O) groups is 1. The zero-order chi connectivity index (χ0) is 16.5. The number of H-pyrrole nitrogens is 1. The van der Waals surface area contributed by atoms with Gasteiger partial charge in [-0.05, 0) is 30.9 Å². The van der Waals surface area contributed by atoms with Crippen molar-refractivity contribution < 1.29 is 9.21 Å². The van der Waals surface area contributed by atoms with Gasteiger partial charge in [-0.3, -0.25) is 4.79 Å². The van der Waals surface area contributed by atoms with Gasteiger partial charge in [-0.2, -0.15) is 0 Å². The molecular weight excluding hydrogens is 308 g/mol. The number of piperidine rings is 1. The second kappa shape index (κ2) is 6.14. The first-order chi connectivity index (χ1) is 11.7. The summed E-state index contributed by atoms with van der Waals surface area (Å²) in [7, 11) is 0. The van der Waals surface area contributed by atoms with E-state index in [1.54, 1.807) is 0 Å². The van der Waals surface area contributed by atoms with Crippen LogP contribution in [0.25, 0.3) is 0 Å². The summed E-state index contributed by atoms with van der Waals surface area (Å²) in [5, 5.41) is 9.57. The van der Waals surface area contributed by atoms with Gasteiger partial charge in [0, 0.05) is 31.2 Å². The van der Waals surface area contributed by atoms with Gasteiger partial charge in [-0.25, -0.2) is 9.89 Å². The Hall–Kier alpha value is -2.57. The van der Waals surface area contributed by atoms with E-state index in [1.165, 1.54) is 0 Å². The highest BCUT2D eigenvalue weighted by Crippen LogP contribution is 2.34. The van der Waals surface area contributed by atoms with Crippen molar-refractivity contribution in [3.05, 3.63) is 46.3 Å². The highest BCUT2D eigenvalue weighted by molar-refractivity contribution is 5.86. The Morgan fingerprint density at radius 2 is 2.00 bits per heavy atom. The number of amides is 1. The lowest BCUT2D eigenvalue weighted by Gasteiger charge is -2.35. The Bertz CT molecular complexity index is 789. The molecule has 2 aliphatic heterocycles. The highest BCUT2D eigenvalue weighted by atomic mass is 16.4. The van der Waals surface area contributed by atoms with Gasteiger partial charge >= 0.3 is 5.76 Å².